The van der Waals surface area contributed by atoms with E-state index in [0.29, 0.717) is 24.1 Å². The number of rotatable bonds is 4. The lowest BCUT2D eigenvalue weighted by atomic mass is 9.89. The van der Waals surface area contributed by atoms with Crippen molar-refractivity contribution in [3.05, 3.63) is 35.4 Å². The minimum Gasteiger partial charge on any atom is -0.311 e. The first-order valence-corrected chi connectivity index (χ1v) is 7.78. The average molecular weight is 296 g/mol. The molecular weight excluding hydrogens is 270 g/mol. The normalized spacial score (nSPS) is 27.3. The van der Waals surface area contributed by atoms with Crippen LogP contribution in [-0.2, 0) is 6.54 Å². The molecule has 1 aromatic carbocycles. The summed E-state index contributed by atoms with van der Waals surface area (Å²) in [6.07, 6.45) is 0.994. The molecule has 1 aliphatic heterocycles. The van der Waals surface area contributed by atoms with Crippen molar-refractivity contribution in [2.75, 3.05) is 13.1 Å². The zero-order valence-electron chi connectivity index (χ0n) is 13.4. The Hall–Kier alpha value is -1.00. The molecule has 1 aliphatic rings. The van der Waals surface area contributed by atoms with Crippen LogP contribution in [0.4, 0.5) is 8.78 Å². The summed E-state index contributed by atoms with van der Waals surface area (Å²) in [7, 11) is 0. The van der Waals surface area contributed by atoms with Crippen LogP contribution in [0.15, 0.2) is 18.2 Å². The third-order valence-corrected chi connectivity index (χ3v) is 4.87. The van der Waals surface area contributed by atoms with Gasteiger partial charge in [-0.1, -0.05) is 26.8 Å². The van der Waals surface area contributed by atoms with Crippen LogP contribution in [0.5, 0.6) is 0 Å². The standard InChI is InChI=1S/C17H26F2N2/c1-5-17(4)11-20-16(12(2)3)10-21(17)9-13-6-7-14(18)8-15(13)19/h6-8,12,16,20H,5,9-11H2,1-4H3. The number of piperazine rings is 1. The van der Waals surface area contributed by atoms with E-state index in [-0.39, 0.29) is 5.54 Å². The largest absolute Gasteiger partial charge is 0.311 e. The second-order valence-electron chi connectivity index (χ2n) is 6.70. The maximum atomic E-state index is 13.9. The van der Waals surface area contributed by atoms with Gasteiger partial charge in [-0.15, -0.1) is 0 Å². The van der Waals surface area contributed by atoms with Crippen molar-refractivity contribution >= 4 is 0 Å². The first kappa shape index (κ1) is 16.4. The zero-order chi connectivity index (χ0) is 15.6. The summed E-state index contributed by atoms with van der Waals surface area (Å²) in [4.78, 5) is 2.34. The molecule has 1 aromatic rings. The van der Waals surface area contributed by atoms with Crippen molar-refractivity contribution in [2.24, 2.45) is 5.92 Å². The summed E-state index contributed by atoms with van der Waals surface area (Å²) in [5, 5.41) is 3.60. The Balaban J connectivity index is 2.20. The summed E-state index contributed by atoms with van der Waals surface area (Å²) >= 11 is 0. The molecule has 1 N–H and O–H groups in total. The summed E-state index contributed by atoms with van der Waals surface area (Å²) in [5.41, 5.74) is 0.576. The molecule has 0 aliphatic carbocycles. The van der Waals surface area contributed by atoms with Gasteiger partial charge in [0.1, 0.15) is 11.6 Å². The van der Waals surface area contributed by atoms with E-state index in [0.717, 1.165) is 25.6 Å². The molecule has 0 amide bonds. The predicted octanol–water partition coefficient (Wildman–Crippen LogP) is 3.56. The summed E-state index contributed by atoms with van der Waals surface area (Å²) in [5.74, 6) is -0.435. The highest BCUT2D eigenvalue weighted by atomic mass is 19.1. The molecule has 2 rings (SSSR count). The van der Waals surface area contributed by atoms with E-state index >= 15 is 0 Å². The van der Waals surface area contributed by atoms with Crippen molar-refractivity contribution in [1.82, 2.24) is 10.2 Å². The average Bonchev–Trinajstić information content (AvgIpc) is 2.43. The maximum Gasteiger partial charge on any atom is 0.130 e. The Labute approximate surface area is 126 Å². The van der Waals surface area contributed by atoms with Crippen LogP contribution in [0.2, 0.25) is 0 Å². The predicted molar refractivity (Wildman–Crippen MR) is 82.1 cm³/mol. The molecule has 21 heavy (non-hydrogen) atoms. The molecule has 118 valence electrons. The van der Waals surface area contributed by atoms with Gasteiger partial charge in [-0.25, -0.2) is 8.78 Å². The Morgan fingerprint density at radius 2 is 2.10 bits per heavy atom. The molecule has 0 saturated carbocycles. The van der Waals surface area contributed by atoms with Crippen molar-refractivity contribution in [3.8, 4) is 0 Å². The molecule has 0 aromatic heterocycles. The van der Waals surface area contributed by atoms with Crippen molar-refractivity contribution in [2.45, 2.75) is 52.2 Å². The van der Waals surface area contributed by atoms with Gasteiger partial charge >= 0.3 is 0 Å². The fourth-order valence-corrected chi connectivity index (χ4v) is 2.89. The molecule has 2 atom stereocenters. The first-order chi connectivity index (χ1) is 9.85. The van der Waals surface area contributed by atoms with Crippen LogP contribution in [-0.4, -0.2) is 29.6 Å². The molecular formula is C17H26F2N2. The minimum atomic E-state index is -0.519. The van der Waals surface area contributed by atoms with E-state index in [1.54, 1.807) is 6.07 Å². The highest BCUT2D eigenvalue weighted by Gasteiger charge is 2.37. The topological polar surface area (TPSA) is 15.3 Å². The Bertz CT molecular complexity index is 490. The molecule has 0 radical (unpaired) electrons. The molecule has 1 fully saturated rings. The van der Waals surface area contributed by atoms with Crippen LogP contribution in [0.1, 0.15) is 39.7 Å². The second-order valence-corrected chi connectivity index (χ2v) is 6.70. The zero-order valence-corrected chi connectivity index (χ0v) is 13.4. The van der Waals surface area contributed by atoms with E-state index in [1.165, 1.54) is 6.07 Å². The molecule has 1 heterocycles. The SMILES string of the molecule is CCC1(C)CNC(C(C)C)CN1Cc1ccc(F)cc1F. The number of hydrogen-bond donors (Lipinski definition) is 1. The fraction of sp³-hybridized carbons (Fsp3) is 0.647. The quantitative estimate of drug-likeness (QED) is 0.914. The Morgan fingerprint density at radius 3 is 2.67 bits per heavy atom. The molecule has 2 unspecified atom stereocenters. The first-order valence-electron chi connectivity index (χ1n) is 7.78. The van der Waals surface area contributed by atoms with Crippen LogP contribution in [0.3, 0.4) is 0 Å². The smallest absolute Gasteiger partial charge is 0.130 e. The van der Waals surface area contributed by atoms with Gasteiger partial charge in [0.25, 0.3) is 0 Å². The van der Waals surface area contributed by atoms with E-state index in [9.17, 15) is 8.78 Å². The van der Waals surface area contributed by atoms with Crippen molar-refractivity contribution < 1.29 is 8.78 Å². The highest BCUT2D eigenvalue weighted by Crippen LogP contribution is 2.27. The van der Waals surface area contributed by atoms with Crippen LogP contribution in [0, 0.1) is 17.6 Å². The summed E-state index contributed by atoms with van der Waals surface area (Å²) in [6.45, 7) is 11.1. The van der Waals surface area contributed by atoms with Gasteiger partial charge < -0.3 is 5.32 Å². The Morgan fingerprint density at radius 1 is 1.38 bits per heavy atom. The number of nitrogens with zero attached hydrogens (tertiary/aromatic N) is 1. The van der Waals surface area contributed by atoms with E-state index in [1.807, 2.05) is 0 Å². The van der Waals surface area contributed by atoms with Crippen LogP contribution < -0.4 is 5.32 Å². The highest BCUT2D eigenvalue weighted by molar-refractivity contribution is 5.19. The van der Waals surface area contributed by atoms with Gasteiger partial charge in [0.15, 0.2) is 0 Å². The van der Waals surface area contributed by atoms with Crippen LogP contribution in [0.25, 0.3) is 0 Å². The lowest BCUT2D eigenvalue weighted by Crippen LogP contribution is -2.63. The van der Waals surface area contributed by atoms with Gasteiger partial charge in [0.2, 0.25) is 0 Å². The summed E-state index contributed by atoms with van der Waals surface area (Å²) in [6, 6.07) is 4.28. The van der Waals surface area contributed by atoms with Gasteiger partial charge in [0, 0.05) is 42.8 Å². The molecule has 1 saturated heterocycles. The Kier molecular flexibility index (Phi) is 4.99. The lowest BCUT2D eigenvalue weighted by Gasteiger charge is -2.49. The molecule has 0 spiro atoms. The minimum absolute atomic E-state index is 0.00617. The van der Waals surface area contributed by atoms with Crippen molar-refractivity contribution in [1.29, 1.82) is 0 Å². The van der Waals surface area contributed by atoms with Gasteiger partial charge in [-0.2, -0.15) is 0 Å². The van der Waals surface area contributed by atoms with Gasteiger partial charge in [-0.3, -0.25) is 4.90 Å². The number of benzene rings is 1. The van der Waals surface area contributed by atoms with E-state index in [2.05, 4.69) is 37.9 Å². The molecule has 2 nitrogen and oxygen atoms in total. The van der Waals surface area contributed by atoms with Gasteiger partial charge in [-0.05, 0) is 25.3 Å². The number of nitrogens with one attached hydrogen (secondary N) is 1. The third kappa shape index (κ3) is 3.61. The van der Waals surface area contributed by atoms with Crippen LogP contribution >= 0.6 is 0 Å². The molecule has 0 bridgehead atoms. The fourth-order valence-electron chi connectivity index (χ4n) is 2.89. The second kappa shape index (κ2) is 6.41. The van der Waals surface area contributed by atoms with E-state index < -0.39 is 11.6 Å². The van der Waals surface area contributed by atoms with E-state index in [4.69, 9.17) is 0 Å². The number of halogens is 2. The van der Waals surface area contributed by atoms with Crippen molar-refractivity contribution in [3.63, 3.8) is 0 Å². The van der Waals surface area contributed by atoms with Gasteiger partial charge in [0.05, 0.1) is 0 Å². The lowest BCUT2D eigenvalue weighted by molar-refractivity contribution is 0.0308. The summed E-state index contributed by atoms with van der Waals surface area (Å²) < 4.78 is 27.0. The monoisotopic (exact) mass is 296 g/mol. The number of hydrogen-bond acceptors (Lipinski definition) is 2. The maximum absolute atomic E-state index is 13.9. The molecule has 4 heteroatoms. The third-order valence-electron chi connectivity index (χ3n) is 4.87.